The van der Waals surface area contributed by atoms with Crippen molar-refractivity contribution in [1.29, 1.82) is 0 Å². The Kier molecular flexibility index (Phi) is 5.53. The summed E-state index contributed by atoms with van der Waals surface area (Å²) in [5, 5.41) is 3.14. The third kappa shape index (κ3) is 4.89. The van der Waals surface area contributed by atoms with Gasteiger partial charge in [0.15, 0.2) is 0 Å². The minimum Gasteiger partial charge on any atom is -0.376 e. The molecule has 1 amide bonds. The Morgan fingerprint density at radius 1 is 1.29 bits per heavy atom. The maximum Gasteiger partial charge on any atom is 0.241 e. The molecule has 0 fully saturated rings. The van der Waals surface area contributed by atoms with E-state index >= 15 is 0 Å². The van der Waals surface area contributed by atoms with Crippen molar-refractivity contribution in [3.8, 4) is 0 Å². The van der Waals surface area contributed by atoms with Crippen LogP contribution >= 0.6 is 0 Å². The molecule has 3 heteroatoms. The summed E-state index contributed by atoms with van der Waals surface area (Å²) in [7, 11) is 0. The van der Waals surface area contributed by atoms with Gasteiger partial charge in [0, 0.05) is 18.8 Å². The van der Waals surface area contributed by atoms with E-state index < -0.39 is 0 Å². The number of para-hydroxylation sites is 1. The molecule has 0 spiro atoms. The normalized spacial score (nSPS) is 10.4. The van der Waals surface area contributed by atoms with Crippen molar-refractivity contribution < 1.29 is 4.79 Å². The van der Waals surface area contributed by atoms with E-state index in [1.165, 1.54) is 0 Å². The molecule has 1 rings (SSSR count). The SMILES string of the molecule is CCN(CC(C)C)C(=O)CNc1ccccc1. The van der Waals surface area contributed by atoms with Crippen LogP contribution in [0.3, 0.4) is 0 Å². The molecular formula is C14H22N2O. The number of nitrogens with one attached hydrogen (secondary N) is 1. The van der Waals surface area contributed by atoms with E-state index in [1.807, 2.05) is 42.2 Å². The molecule has 17 heavy (non-hydrogen) atoms. The lowest BCUT2D eigenvalue weighted by Gasteiger charge is -2.23. The number of rotatable bonds is 6. The number of hydrogen-bond donors (Lipinski definition) is 1. The Bertz CT molecular complexity index is 335. The fraction of sp³-hybridized carbons (Fsp3) is 0.500. The zero-order valence-corrected chi connectivity index (χ0v) is 10.9. The molecule has 1 aromatic carbocycles. The first-order valence-electron chi connectivity index (χ1n) is 6.20. The lowest BCUT2D eigenvalue weighted by molar-refractivity contribution is -0.129. The van der Waals surface area contributed by atoms with Crippen molar-refractivity contribution in [3.63, 3.8) is 0 Å². The summed E-state index contributed by atoms with van der Waals surface area (Å²) in [4.78, 5) is 13.8. The van der Waals surface area contributed by atoms with Gasteiger partial charge >= 0.3 is 0 Å². The van der Waals surface area contributed by atoms with Crippen LogP contribution in [0.15, 0.2) is 30.3 Å². The second-order valence-electron chi connectivity index (χ2n) is 4.55. The number of benzene rings is 1. The average molecular weight is 234 g/mol. The van der Waals surface area contributed by atoms with Crippen LogP contribution in [0.4, 0.5) is 5.69 Å². The number of amides is 1. The van der Waals surface area contributed by atoms with E-state index in [0.29, 0.717) is 12.5 Å². The van der Waals surface area contributed by atoms with E-state index in [-0.39, 0.29) is 5.91 Å². The highest BCUT2D eigenvalue weighted by Gasteiger charge is 2.12. The van der Waals surface area contributed by atoms with Crippen LogP contribution in [0.25, 0.3) is 0 Å². The Hall–Kier alpha value is -1.51. The van der Waals surface area contributed by atoms with Gasteiger partial charge in [0.2, 0.25) is 5.91 Å². The van der Waals surface area contributed by atoms with E-state index in [2.05, 4.69) is 19.2 Å². The Morgan fingerprint density at radius 2 is 1.94 bits per heavy atom. The van der Waals surface area contributed by atoms with Crippen LogP contribution in [-0.4, -0.2) is 30.4 Å². The topological polar surface area (TPSA) is 32.3 Å². The number of hydrogen-bond acceptors (Lipinski definition) is 2. The van der Waals surface area contributed by atoms with Crippen LogP contribution in [0, 0.1) is 5.92 Å². The monoisotopic (exact) mass is 234 g/mol. The first-order chi connectivity index (χ1) is 8.13. The van der Waals surface area contributed by atoms with Crippen molar-refractivity contribution in [2.75, 3.05) is 25.0 Å². The second-order valence-corrected chi connectivity index (χ2v) is 4.55. The molecule has 0 radical (unpaired) electrons. The molecule has 3 nitrogen and oxygen atoms in total. The van der Waals surface area contributed by atoms with Crippen molar-refractivity contribution in [2.24, 2.45) is 5.92 Å². The fourth-order valence-corrected chi connectivity index (χ4v) is 1.69. The summed E-state index contributed by atoms with van der Waals surface area (Å²) in [5.41, 5.74) is 0.987. The second kappa shape index (κ2) is 6.94. The third-order valence-electron chi connectivity index (χ3n) is 2.54. The molecule has 0 aliphatic rings. The Morgan fingerprint density at radius 3 is 2.47 bits per heavy atom. The standard InChI is InChI=1S/C14H22N2O/c1-4-16(11-12(2)3)14(17)10-15-13-8-6-5-7-9-13/h5-9,12,15H,4,10-11H2,1-3H3. The van der Waals surface area contributed by atoms with Crippen molar-refractivity contribution in [2.45, 2.75) is 20.8 Å². The van der Waals surface area contributed by atoms with Crippen molar-refractivity contribution in [3.05, 3.63) is 30.3 Å². The van der Waals surface area contributed by atoms with Crippen LogP contribution in [0.2, 0.25) is 0 Å². The number of carbonyl (C=O) groups excluding carboxylic acids is 1. The van der Waals surface area contributed by atoms with Gasteiger partial charge < -0.3 is 10.2 Å². The molecule has 0 bridgehead atoms. The molecule has 1 aromatic rings. The predicted molar refractivity (Wildman–Crippen MR) is 72.0 cm³/mol. The average Bonchev–Trinajstić information content (AvgIpc) is 2.34. The summed E-state index contributed by atoms with van der Waals surface area (Å²) in [5.74, 6) is 0.667. The van der Waals surface area contributed by atoms with Crippen LogP contribution < -0.4 is 5.32 Å². The fourth-order valence-electron chi connectivity index (χ4n) is 1.69. The maximum absolute atomic E-state index is 11.9. The van der Waals surface area contributed by atoms with Crippen molar-refractivity contribution in [1.82, 2.24) is 4.90 Å². The molecule has 0 aromatic heterocycles. The maximum atomic E-state index is 11.9. The summed E-state index contributed by atoms with van der Waals surface area (Å²) in [6.07, 6.45) is 0. The summed E-state index contributed by atoms with van der Waals surface area (Å²) < 4.78 is 0. The first kappa shape index (κ1) is 13.6. The smallest absolute Gasteiger partial charge is 0.241 e. The quantitative estimate of drug-likeness (QED) is 0.820. The van der Waals surface area contributed by atoms with Gasteiger partial charge in [-0.25, -0.2) is 0 Å². The molecule has 0 aliphatic heterocycles. The van der Waals surface area contributed by atoms with Crippen molar-refractivity contribution >= 4 is 11.6 Å². The molecule has 0 aliphatic carbocycles. The highest BCUT2D eigenvalue weighted by atomic mass is 16.2. The zero-order valence-electron chi connectivity index (χ0n) is 10.9. The van der Waals surface area contributed by atoms with Gasteiger partial charge in [0.25, 0.3) is 0 Å². The molecule has 0 unspecified atom stereocenters. The van der Waals surface area contributed by atoms with E-state index in [0.717, 1.165) is 18.8 Å². The first-order valence-corrected chi connectivity index (χ1v) is 6.20. The summed E-state index contributed by atoms with van der Waals surface area (Å²) >= 11 is 0. The molecule has 94 valence electrons. The van der Waals surface area contributed by atoms with Crippen LogP contribution in [0.1, 0.15) is 20.8 Å². The predicted octanol–water partition coefficient (Wildman–Crippen LogP) is 2.60. The van der Waals surface area contributed by atoms with Gasteiger partial charge in [-0.05, 0) is 25.0 Å². The van der Waals surface area contributed by atoms with E-state index in [4.69, 9.17) is 0 Å². The minimum absolute atomic E-state index is 0.157. The van der Waals surface area contributed by atoms with Gasteiger partial charge in [-0.15, -0.1) is 0 Å². The van der Waals surface area contributed by atoms with Gasteiger partial charge in [-0.1, -0.05) is 32.0 Å². The Labute approximate surface area is 104 Å². The van der Waals surface area contributed by atoms with Gasteiger partial charge in [-0.3, -0.25) is 4.79 Å². The highest BCUT2D eigenvalue weighted by molar-refractivity contribution is 5.80. The van der Waals surface area contributed by atoms with Gasteiger partial charge in [-0.2, -0.15) is 0 Å². The molecular weight excluding hydrogens is 212 g/mol. The third-order valence-corrected chi connectivity index (χ3v) is 2.54. The minimum atomic E-state index is 0.157. The summed E-state index contributed by atoms with van der Waals surface area (Å²) in [6.45, 7) is 8.23. The molecule has 1 N–H and O–H groups in total. The molecule has 0 saturated carbocycles. The number of anilines is 1. The van der Waals surface area contributed by atoms with E-state index in [1.54, 1.807) is 0 Å². The number of likely N-dealkylation sites (N-methyl/N-ethyl adjacent to an activating group) is 1. The molecule has 0 atom stereocenters. The summed E-state index contributed by atoms with van der Waals surface area (Å²) in [6, 6.07) is 9.80. The molecule has 0 heterocycles. The lowest BCUT2D eigenvalue weighted by Crippen LogP contribution is -2.37. The highest BCUT2D eigenvalue weighted by Crippen LogP contribution is 2.05. The van der Waals surface area contributed by atoms with Gasteiger partial charge in [0.05, 0.1) is 6.54 Å². The Balaban J connectivity index is 2.42. The van der Waals surface area contributed by atoms with Gasteiger partial charge in [0.1, 0.15) is 0 Å². The lowest BCUT2D eigenvalue weighted by atomic mass is 10.2. The zero-order chi connectivity index (χ0) is 12.7. The number of nitrogens with zero attached hydrogens (tertiary/aromatic N) is 1. The van der Waals surface area contributed by atoms with Crippen LogP contribution in [0.5, 0.6) is 0 Å². The molecule has 0 saturated heterocycles. The largest absolute Gasteiger partial charge is 0.376 e. The van der Waals surface area contributed by atoms with Crippen LogP contribution in [-0.2, 0) is 4.79 Å². The van der Waals surface area contributed by atoms with E-state index in [9.17, 15) is 4.79 Å². The number of carbonyl (C=O) groups is 1.